The van der Waals surface area contributed by atoms with Gasteiger partial charge in [-0.05, 0) is 30.3 Å². The second kappa shape index (κ2) is 6.59. The summed E-state index contributed by atoms with van der Waals surface area (Å²) in [6, 6.07) is 7.89. The minimum atomic E-state index is -4.50. The highest BCUT2D eigenvalue weighted by molar-refractivity contribution is 5.80. The molecule has 0 atom stereocenters. The molecule has 0 fully saturated rings. The Morgan fingerprint density at radius 2 is 1.82 bits per heavy atom. The van der Waals surface area contributed by atoms with Crippen molar-refractivity contribution in [3.63, 3.8) is 0 Å². The molecule has 0 amide bonds. The number of nitrogens with zero attached hydrogens (tertiary/aromatic N) is 4. The van der Waals surface area contributed by atoms with Crippen LogP contribution in [0.5, 0.6) is 5.88 Å². The topological polar surface area (TPSA) is 52.3 Å². The van der Waals surface area contributed by atoms with Gasteiger partial charge in [0.05, 0.1) is 30.3 Å². The SMILES string of the molecule is COc1ccc(-c2c(-c3ccc(F)cn3)nc3cc(C(F)(F)F)ccn23)cn1. The van der Waals surface area contributed by atoms with Crippen molar-refractivity contribution in [1.29, 1.82) is 0 Å². The third-order valence-corrected chi connectivity index (χ3v) is 4.14. The molecule has 142 valence electrons. The van der Waals surface area contributed by atoms with Gasteiger partial charge in [-0.25, -0.2) is 14.4 Å². The van der Waals surface area contributed by atoms with E-state index in [-0.39, 0.29) is 5.65 Å². The van der Waals surface area contributed by atoms with E-state index >= 15 is 0 Å². The van der Waals surface area contributed by atoms with Crippen LogP contribution in [0.2, 0.25) is 0 Å². The molecule has 0 radical (unpaired) electrons. The molecule has 0 saturated heterocycles. The van der Waals surface area contributed by atoms with Crippen molar-refractivity contribution in [2.24, 2.45) is 0 Å². The summed E-state index contributed by atoms with van der Waals surface area (Å²) >= 11 is 0. The number of aromatic nitrogens is 4. The van der Waals surface area contributed by atoms with E-state index in [1.165, 1.54) is 36.0 Å². The quantitative estimate of drug-likeness (QED) is 0.481. The lowest BCUT2D eigenvalue weighted by atomic mass is 10.1. The van der Waals surface area contributed by atoms with Gasteiger partial charge in [0.1, 0.15) is 17.2 Å². The van der Waals surface area contributed by atoms with Crippen LogP contribution in [0.15, 0.2) is 55.0 Å². The monoisotopic (exact) mass is 388 g/mol. The van der Waals surface area contributed by atoms with Crippen molar-refractivity contribution in [2.45, 2.75) is 6.18 Å². The number of hydrogen-bond acceptors (Lipinski definition) is 4. The Morgan fingerprint density at radius 1 is 1.00 bits per heavy atom. The number of hydrogen-bond donors (Lipinski definition) is 0. The Morgan fingerprint density at radius 3 is 2.43 bits per heavy atom. The van der Waals surface area contributed by atoms with Gasteiger partial charge in [-0.15, -0.1) is 0 Å². The third-order valence-electron chi connectivity index (χ3n) is 4.14. The molecule has 0 bridgehead atoms. The molecule has 5 nitrogen and oxygen atoms in total. The van der Waals surface area contributed by atoms with Crippen LogP contribution in [0.4, 0.5) is 17.6 Å². The number of pyridine rings is 3. The molecule has 0 aliphatic carbocycles. The van der Waals surface area contributed by atoms with Gasteiger partial charge < -0.3 is 4.74 Å². The zero-order valence-electron chi connectivity index (χ0n) is 14.4. The maximum atomic E-state index is 13.3. The van der Waals surface area contributed by atoms with Crippen molar-refractivity contribution < 1.29 is 22.3 Å². The first-order chi connectivity index (χ1) is 13.4. The van der Waals surface area contributed by atoms with Crippen molar-refractivity contribution in [3.8, 4) is 28.5 Å². The van der Waals surface area contributed by atoms with Crippen LogP contribution in [0, 0.1) is 5.82 Å². The first-order valence-electron chi connectivity index (χ1n) is 8.08. The molecule has 4 aromatic heterocycles. The minimum Gasteiger partial charge on any atom is -0.481 e. The number of alkyl halides is 3. The lowest BCUT2D eigenvalue weighted by Crippen LogP contribution is -2.05. The second-order valence-corrected chi connectivity index (χ2v) is 5.90. The van der Waals surface area contributed by atoms with Crippen LogP contribution in [0.3, 0.4) is 0 Å². The highest BCUT2D eigenvalue weighted by Gasteiger charge is 2.31. The van der Waals surface area contributed by atoms with Gasteiger partial charge in [-0.1, -0.05) is 0 Å². The molecule has 28 heavy (non-hydrogen) atoms. The maximum absolute atomic E-state index is 13.3. The van der Waals surface area contributed by atoms with E-state index in [9.17, 15) is 17.6 Å². The third kappa shape index (κ3) is 3.15. The Kier molecular flexibility index (Phi) is 4.21. The zero-order chi connectivity index (χ0) is 19.9. The molecule has 9 heteroatoms. The Hall–Kier alpha value is -3.49. The molecule has 0 aliphatic heterocycles. The summed E-state index contributed by atoms with van der Waals surface area (Å²) in [5, 5.41) is 0. The van der Waals surface area contributed by atoms with E-state index in [0.717, 1.165) is 18.3 Å². The first kappa shape index (κ1) is 17.9. The molecular formula is C19H12F4N4O. The Balaban J connectivity index is 1.98. The summed E-state index contributed by atoms with van der Waals surface area (Å²) in [6.07, 6.45) is -0.662. The summed E-state index contributed by atoms with van der Waals surface area (Å²) in [7, 11) is 1.47. The van der Waals surface area contributed by atoms with Gasteiger partial charge in [0, 0.05) is 24.0 Å². The van der Waals surface area contributed by atoms with E-state index in [4.69, 9.17) is 4.74 Å². The Bertz CT molecular complexity index is 1140. The first-order valence-corrected chi connectivity index (χ1v) is 8.08. The number of fused-ring (bicyclic) bond motifs is 1. The van der Waals surface area contributed by atoms with E-state index in [2.05, 4.69) is 15.0 Å². The number of rotatable bonds is 3. The van der Waals surface area contributed by atoms with Crippen LogP contribution in [0.25, 0.3) is 28.3 Å². The normalized spacial score (nSPS) is 11.8. The van der Waals surface area contributed by atoms with Gasteiger partial charge in [0.2, 0.25) is 5.88 Å². The molecule has 0 unspecified atom stereocenters. The average molecular weight is 388 g/mol. The fourth-order valence-electron chi connectivity index (χ4n) is 2.83. The van der Waals surface area contributed by atoms with E-state index < -0.39 is 17.6 Å². The van der Waals surface area contributed by atoms with Crippen LogP contribution in [-0.4, -0.2) is 26.5 Å². The number of imidazole rings is 1. The molecule has 0 aliphatic rings. The predicted molar refractivity (Wildman–Crippen MR) is 93.2 cm³/mol. The van der Waals surface area contributed by atoms with Crippen molar-refractivity contribution in [3.05, 3.63) is 66.4 Å². The molecule has 4 aromatic rings. The summed E-state index contributed by atoms with van der Waals surface area (Å²) in [6.45, 7) is 0. The molecule has 4 rings (SSSR count). The summed E-state index contributed by atoms with van der Waals surface area (Å²) < 4.78 is 59.1. The fraction of sp³-hybridized carbons (Fsp3) is 0.105. The predicted octanol–water partition coefficient (Wildman–Crippen LogP) is 4.62. The standard InChI is InChI=1S/C19H12F4N4O/c1-28-16-5-2-11(9-25-16)18-17(14-4-3-13(20)10-24-14)26-15-8-12(19(21,22)23)6-7-27(15)18/h2-10H,1H3. The second-order valence-electron chi connectivity index (χ2n) is 5.90. The fourth-order valence-corrected chi connectivity index (χ4v) is 2.83. The summed E-state index contributed by atoms with van der Waals surface area (Å²) in [5.41, 5.74) is 0.979. The van der Waals surface area contributed by atoms with Crippen LogP contribution in [0.1, 0.15) is 5.56 Å². The minimum absolute atomic E-state index is 0.0850. The van der Waals surface area contributed by atoms with Crippen LogP contribution < -0.4 is 4.74 Å². The van der Waals surface area contributed by atoms with Gasteiger partial charge >= 0.3 is 6.18 Å². The Labute approximate surface area is 156 Å². The largest absolute Gasteiger partial charge is 0.481 e. The molecule has 0 N–H and O–H groups in total. The number of ether oxygens (including phenoxy) is 1. The van der Waals surface area contributed by atoms with Gasteiger partial charge in [0.25, 0.3) is 0 Å². The molecule has 0 aromatic carbocycles. The highest BCUT2D eigenvalue weighted by atomic mass is 19.4. The number of halogens is 4. The molecule has 0 saturated carbocycles. The zero-order valence-corrected chi connectivity index (χ0v) is 14.4. The lowest BCUT2D eigenvalue weighted by Gasteiger charge is -2.08. The smallest absolute Gasteiger partial charge is 0.416 e. The van der Waals surface area contributed by atoms with E-state index in [0.29, 0.717) is 28.5 Å². The van der Waals surface area contributed by atoms with Gasteiger partial charge in [-0.3, -0.25) is 9.38 Å². The van der Waals surface area contributed by atoms with E-state index in [1.54, 1.807) is 12.1 Å². The van der Waals surface area contributed by atoms with Gasteiger partial charge in [0.15, 0.2) is 0 Å². The van der Waals surface area contributed by atoms with Crippen molar-refractivity contribution in [2.75, 3.05) is 7.11 Å². The lowest BCUT2D eigenvalue weighted by molar-refractivity contribution is -0.137. The van der Waals surface area contributed by atoms with Crippen LogP contribution in [-0.2, 0) is 6.18 Å². The molecule has 0 spiro atoms. The molecular weight excluding hydrogens is 376 g/mol. The summed E-state index contributed by atoms with van der Waals surface area (Å²) in [5.74, 6) is -0.141. The average Bonchev–Trinajstić information content (AvgIpc) is 3.06. The number of methoxy groups -OCH3 is 1. The molecule has 4 heterocycles. The maximum Gasteiger partial charge on any atom is 0.416 e. The van der Waals surface area contributed by atoms with Gasteiger partial charge in [-0.2, -0.15) is 13.2 Å². The van der Waals surface area contributed by atoms with Crippen molar-refractivity contribution in [1.82, 2.24) is 19.4 Å². The van der Waals surface area contributed by atoms with Crippen molar-refractivity contribution >= 4 is 5.65 Å². The summed E-state index contributed by atoms with van der Waals surface area (Å²) in [4.78, 5) is 12.5. The van der Waals surface area contributed by atoms with Crippen LogP contribution >= 0.6 is 0 Å². The highest BCUT2D eigenvalue weighted by Crippen LogP contribution is 2.35. The van der Waals surface area contributed by atoms with E-state index in [1.807, 2.05) is 0 Å².